The summed E-state index contributed by atoms with van der Waals surface area (Å²) in [7, 11) is 0. The second-order valence-corrected chi connectivity index (χ2v) is 5.18. The quantitative estimate of drug-likeness (QED) is 0.639. The first-order chi connectivity index (χ1) is 9.14. The number of fused-ring (bicyclic) bond motifs is 1. The number of aromatic nitrogens is 2. The average molecular weight is 328 g/mol. The van der Waals surface area contributed by atoms with E-state index >= 15 is 0 Å². The fourth-order valence-corrected chi connectivity index (χ4v) is 1.98. The van der Waals surface area contributed by atoms with Crippen molar-refractivity contribution < 1.29 is 15.3 Å². The summed E-state index contributed by atoms with van der Waals surface area (Å²) >= 11 is 3.32. The van der Waals surface area contributed by atoms with Gasteiger partial charge < -0.3 is 20.6 Å². The van der Waals surface area contributed by atoms with Crippen LogP contribution in [0.4, 0.5) is 5.69 Å². The second kappa shape index (κ2) is 5.79. The molecule has 0 unspecified atom stereocenters. The van der Waals surface area contributed by atoms with Crippen molar-refractivity contribution in [3.05, 3.63) is 29.0 Å². The molecule has 0 bridgehead atoms. The van der Waals surface area contributed by atoms with Crippen LogP contribution in [0.25, 0.3) is 11.0 Å². The minimum Gasteiger partial charge on any atom is -0.394 e. The third kappa shape index (κ3) is 2.84. The molecule has 102 valence electrons. The van der Waals surface area contributed by atoms with Crippen LogP contribution in [0.15, 0.2) is 29.0 Å². The fraction of sp³-hybridized carbons (Fsp3) is 0.333. The lowest BCUT2D eigenvalue weighted by molar-refractivity contribution is 0.0834. The standard InChI is InChI=1S/C12H14BrN3O3/c13-8-3-10-11(15-4-8)9(1-2-14-10)16-12(5-17,6-18)7-19/h1-4,17-19H,5-7H2,(H,14,16). The van der Waals surface area contributed by atoms with Crippen molar-refractivity contribution >= 4 is 32.7 Å². The fourth-order valence-electron chi connectivity index (χ4n) is 1.66. The molecule has 0 aromatic carbocycles. The lowest BCUT2D eigenvalue weighted by Crippen LogP contribution is -2.49. The molecule has 0 aliphatic carbocycles. The summed E-state index contributed by atoms with van der Waals surface area (Å²) in [6.07, 6.45) is 3.23. The Hall–Kier alpha value is -1.28. The molecule has 7 heteroatoms. The molecule has 0 saturated heterocycles. The Morgan fingerprint density at radius 1 is 1.16 bits per heavy atom. The number of aliphatic hydroxyl groups is 3. The molecule has 0 fully saturated rings. The number of rotatable bonds is 5. The maximum absolute atomic E-state index is 9.33. The Bertz CT molecular complexity index is 567. The summed E-state index contributed by atoms with van der Waals surface area (Å²) in [6.45, 7) is -1.21. The van der Waals surface area contributed by atoms with Crippen molar-refractivity contribution in [1.29, 1.82) is 0 Å². The van der Waals surface area contributed by atoms with Crippen LogP contribution in [0.1, 0.15) is 0 Å². The van der Waals surface area contributed by atoms with Crippen molar-refractivity contribution in [2.24, 2.45) is 0 Å². The second-order valence-electron chi connectivity index (χ2n) is 4.26. The number of hydrogen-bond acceptors (Lipinski definition) is 6. The Labute approximate surface area is 118 Å². The number of aliphatic hydroxyl groups excluding tert-OH is 3. The molecule has 0 atom stereocenters. The number of nitrogens with one attached hydrogen (secondary N) is 1. The maximum Gasteiger partial charge on any atom is 0.112 e. The summed E-state index contributed by atoms with van der Waals surface area (Å²) in [5.41, 5.74) is 0.672. The summed E-state index contributed by atoms with van der Waals surface area (Å²) < 4.78 is 0.808. The van der Waals surface area contributed by atoms with Crippen LogP contribution >= 0.6 is 15.9 Å². The molecule has 2 aromatic heterocycles. The van der Waals surface area contributed by atoms with Crippen molar-refractivity contribution in [2.45, 2.75) is 5.54 Å². The van der Waals surface area contributed by atoms with Crippen LogP contribution < -0.4 is 5.32 Å². The van der Waals surface area contributed by atoms with Gasteiger partial charge in [-0.2, -0.15) is 0 Å². The molecule has 19 heavy (non-hydrogen) atoms. The van der Waals surface area contributed by atoms with Crippen LogP contribution in [-0.2, 0) is 0 Å². The van der Waals surface area contributed by atoms with Gasteiger partial charge >= 0.3 is 0 Å². The van der Waals surface area contributed by atoms with E-state index in [9.17, 15) is 15.3 Å². The Balaban J connectivity index is 2.45. The van der Waals surface area contributed by atoms with Gasteiger partial charge in [0.1, 0.15) is 11.1 Å². The normalized spacial score (nSPS) is 11.8. The van der Waals surface area contributed by atoms with Gasteiger partial charge in [-0.1, -0.05) is 0 Å². The van der Waals surface area contributed by atoms with Gasteiger partial charge in [0.2, 0.25) is 0 Å². The molecule has 0 aliphatic rings. The van der Waals surface area contributed by atoms with Gasteiger partial charge in [-0.3, -0.25) is 9.97 Å². The van der Waals surface area contributed by atoms with Gasteiger partial charge in [0.15, 0.2) is 0 Å². The van der Waals surface area contributed by atoms with Crippen LogP contribution in [0.3, 0.4) is 0 Å². The largest absolute Gasteiger partial charge is 0.394 e. The SMILES string of the molecule is OCC(CO)(CO)Nc1ccnc2cc(Br)cnc12. The van der Waals surface area contributed by atoms with Gasteiger partial charge in [0.25, 0.3) is 0 Å². The molecule has 0 spiro atoms. The summed E-state index contributed by atoms with van der Waals surface area (Å²) in [5.74, 6) is 0. The summed E-state index contributed by atoms with van der Waals surface area (Å²) in [5, 5.41) is 30.9. The van der Waals surface area contributed by atoms with E-state index in [0.29, 0.717) is 16.7 Å². The van der Waals surface area contributed by atoms with E-state index in [0.717, 1.165) is 4.47 Å². The highest BCUT2D eigenvalue weighted by Gasteiger charge is 2.28. The van der Waals surface area contributed by atoms with Gasteiger partial charge in [-0.05, 0) is 28.1 Å². The highest BCUT2D eigenvalue weighted by molar-refractivity contribution is 9.10. The average Bonchev–Trinajstić information content (AvgIpc) is 2.44. The zero-order chi connectivity index (χ0) is 13.9. The smallest absolute Gasteiger partial charge is 0.112 e. The number of pyridine rings is 2. The van der Waals surface area contributed by atoms with E-state index in [1.165, 1.54) is 0 Å². The van der Waals surface area contributed by atoms with Crippen LogP contribution in [0, 0.1) is 0 Å². The molecule has 0 aliphatic heterocycles. The topological polar surface area (TPSA) is 98.5 Å². The third-order valence-electron chi connectivity index (χ3n) is 2.85. The zero-order valence-electron chi connectivity index (χ0n) is 10.0. The van der Waals surface area contributed by atoms with Crippen molar-refractivity contribution in [3.63, 3.8) is 0 Å². The van der Waals surface area contributed by atoms with E-state index in [4.69, 9.17) is 0 Å². The van der Waals surface area contributed by atoms with Gasteiger partial charge in [0, 0.05) is 16.9 Å². The summed E-state index contributed by atoms with van der Waals surface area (Å²) in [6, 6.07) is 3.49. The van der Waals surface area contributed by atoms with Gasteiger partial charge in [-0.15, -0.1) is 0 Å². The monoisotopic (exact) mass is 327 g/mol. The number of hydrogen-bond donors (Lipinski definition) is 4. The molecule has 2 heterocycles. The van der Waals surface area contributed by atoms with Crippen molar-refractivity contribution in [3.8, 4) is 0 Å². The third-order valence-corrected chi connectivity index (χ3v) is 3.29. The Morgan fingerprint density at radius 3 is 2.47 bits per heavy atom. The predicted octanol–water partition coefficient (Wildman–Crippen LogP) is 0.520. The van der Waals surface area contributed by atoms with E-state index < -0.39 is 25.4 Å². The van der Waals surface area contributed by atoms with Crippen molar-refractivity contribution in [2.75, 3.05) is 25.1 Å². The molecule has 2 rings (SSSR count). The van der Waals surface area contributed by atoms with Crippen LogP contribution in [-0.4, -0.2) is 50.6 Å². The van der Waals surface area contributed by atoms with Crippen LogP contribution in [0.2, 0.25) is 0 Å². The van der Waals surface area contributed by atoms with E-state index in [1.807, 2.05) is 6.07 Å². The summed E-state index contributed by atoms with van der Waals surface area (Å²) in [4.78, 5) is 8.44. The zero-order valence-corrected chi connectivity index (χ0v) is 11.6. The first-order valence-electron chi connectivity index (χ1n) is 5.65. The lowest BCUT2D eigenvalue weighted by Gasteiger charge is -2.30. The minimum atomic E-state index is -1.19. The molecule has 0 radical (unpaired) electrons. The molecule has 2 aromatic rings. The number of nitrogens with zero attached hydrogens (tertiary/aromatic N) is 2. The molecule has 4 N–H and O–H groups in total. The first kappa shape index (κ1) is 14.1. The molecule has 0 amide bonds. The minimum absolute atomic E-state index is 0.402. The molecular weight excluding hydrogens is 314 g/mol. The maximum atomic E-state index is 9.33. The first-order valence-corrected chi connectivity index (χ1v) is 6.44. The predicted molar refractivity (Wildman–Crippen MR) is 74.8 cm³/mol. The molecular formula is C12H14BrN3O3. The van der Waals surface area contributed by atoms with E-state index in [-0.39, 0.29) is 0 Å². The highest BCUT2D eigenvalue weighted by Crippen LogP contribution is 2.24. The molecule has 6 nitrogen and oxygen atoms in total. The van der Waals surface area contributed by atoms with Gasteiger partial charge in [0.05, 0.1) is 31.0 Å². The number of halogens is 1. The number of anilines is 1. The van der Waals surface area contributed by atoms with E-state index in [2.05, 4.69) is 31.2 Å². The van der Waals surface area contributed by atoms with Gasteiger partial charge in [-0.25, -0.2) is 0 Å². The Morgan fingerprint density at radius 2 is 1.84 bits per heavy atom. The van der Waals surface area contributed by atoms with Crippen molar-refractivity contribution in [1.82, 2.24) is 9.97 Å². The van der Waals surface area contributed by atoms with E-state index in [1.54, 1.807) is 18.5 Å². The lowest BCUT2D eigenvalue weighted by atomic mass is 10.0. The molecule has 0 saturated carbocycles. The van der Waals surface area contributed by atoms with Crippen LogP contribution in [0.5, 0.6) is 0 Å². The Kier molecular flexibility index (Phi) is 4.31. The highest BCUT2D eigenvalue weighted by atomic mass is 79.9.